The van der Waals surface area contributed by atoms with Gasteiger partial charge >= 0.3 is 0 Å². The SMILES string of the molecule is CCCNC(CC1CCCC1)C1Cc2ccccc2C1. The van der Waals surface area contributed by atoms with Crippen molar-refractivity contribution in [3.63, 3.8) is 0 Å². The monoisotopic (exact) mass is 271 g/mol. The van der Waals surface area contributed by atoms with Crippen molar-refractivity contribution in [2.75, 3.05) is 6.54 Å². The summed E-state index contributed by atoms with van der Waals surface area (Å²) in [5, 5.41) is 3.87. The zero-order valence-corrected chi connectivity index (χ0v) is 12.9. The fourth-order valence-electron chi connectivity index (χ4n) is 4.25. The molecule has 2 aliphatic rings. The first-order valence-electron chi connectivity index (χ1n) is 8.67. The van der Waals surface area contributed by atoms with E-state index in [9.17, 15) is 0 Å². The fraction of sp³-hybridized carbons (Fsp3) is 0.684. The fourth-order valence-corrected chi connectivity index (χ4v) is 4.25. The number of benzene rings is 1. The second kappa shape index (κ2) is 6.76. The van der Waals surface area contributed by atoms with Crippen molar-refractivity contribution in [2.24, 2.45) is 11.8 Å². The second-order valence-corrected chi connectivity index (χ2v) is 6.88. The summed E-state index contributed by atoms with van der Waals surface area (Å²) in [5.74, 6) is 1.83. The molecule has 110 valence electrons. The summed E-state index contributed by atoms with van der Waals surface area (Å²) in [6, 6.07) is 9.81. The predicted octanol–water partition coefficient (Wildman–Crippen LogP) is 4.35. The lowest BCUT2D eigenvalue weighted by Crippen LogP contribution is -2.38. The summed E-state index contributed by atoms with van der Waals surface area (Å²) in [5.41, 5.74) is 3.21. The smallest absolute Gasteiger partial charge is 0.0104 e. The molecule has 1 aromatic carbocycles. The topological polar surface area (TPSA) is 12.0 Å². The van der Waals surface area contributed by atoms with Crippen molar-refractivity contribution in [1.82, 2.24) is 5.32 Å². The summed E-state index contributed by atoms with van der Waals surface area (Å²) in [6.45, 7) is 3.47. The minimum atomic E-state index is 0.741. The molecular formula is C19H29N. The Morgan fingerprint density at radius 2 is 1.75 bits per heavy atom. The van der Waals surface area contributed by atoms with Crippen LogP contribution in [0.2, 0.25) is 0 Å². The maximum atomic E-state index is 3.87. The molecule has 0 radical (unpaired) electrons. The molecule has 3 rings (SSSR count). The van der Waals surface area contributed by atoms with Gasteiger partial charge in [-0.3, -0.25) is 0 Å². The molecule has 0 aromatic heterocycles. The van der Waals surface area contributed by atoms with Crippen molar-refractivity contribution in [1.29, 1.82) is 0 Å². The van der Waals surface area contributed by atoms with Gasteiger partial charge in [-0.05, 0) is 55.2 Å². The highest BCUT2D eigenvalue weighted by Crippen LogP contribution is 2.34. The Hall–Kier alpha value is -0.820. The first-order chi connectivity index (χ1) is 9.86. The van der Waals surface area contributed by atoms with Crippen LogP contribution < -0.4 is 5.32 Å². The number of nitrogens with one attached hydrogen (secondary N) is 1. The van der Waals surface area contributed by atoms with Crippen LogP contribution in [0.5, 0.6) is 0 Å². The molecule has 0 heterocycles. The highest BCUT2D eigenvalue weighted by Gasteiger charge is 2.30. The van der Waals surface area contributed by atoms with Crippen LogP contribution in [0.3, 0.4) is 0 Å². The Morgan fingerprint density at radius 1 is 1.10 bits per heavy atom. The van der Waals surface area contributed by atoms with Gasteiger partial charge in [0.25, 0.3) is 0 Å². The molecule has 1 N–H and O–H groups in total. The minimum Gasteiger partial charge on any atom is -0.314 e. The van der Waals surface area contributed by atoms with Crippen molar-refractivity contribution in [3.8, 4) is 0 Å². The van der Waals surface area contributed by atoms with E-state index in [2.05, 4.69) is 36.5 Å². The Bertz CT molecular complexity index is 395. The Kier molecular flexibility index (Phi) is 4.77. The van der Waals surface area contributed by atoms with Gasteiger partial charge < -0.3 is 5.32 Å². The van der Waals surface area contributed by atoms with E-state index in [0.717, 1.165) is 17.9 Å². The van der Waals surface area contributed by atoms with Crippen LogP contribution in [0.4, 0.5) is 0 Å². The maximum Gasteiger partial charge on any atom is 0.0104 e. The lowest BCUT2D eigenvalue weighted by atomic mass is 9.87. The van der Waals surface area contributed by atoms with E-state index < -0.39 is 0 Å². The molecule has 2 aliphatic carbocycles. The Labute approximate surface area is 124 Å². The molecule has 1 aromatic rings. The molecule has 0 saturated heterocycles. The molecule has 0 bridgehead atoms. The van der Waals surface area contributed by atoms with E-state index >= 15 is 0 Å². The normalized spacial score (nSPS) is 21.2. The van der Waals surface area contributed by atoms with Gasteiger partial charge in [0.2, 0.25) is 0 Å². The third-order valence-electron chi connectivity index (χ3n) is 5.37. The second-order valence-electron chi connectivity index (χ2n) is 6.88. The number of hydrogen-bond acceptors (Lipinski definition) is 1. The molecular weight excluding hydrogens is 242 g/mol. The van der Waals surface area contributed by atoms with Gasteiger partial charge in [0, 0.05) is 6.04 Å². The molecule has 20 heavy (non-hydrogen) atoms. The van der Waals surface area contributed by atoms with Crippen LogP contribution in [-0.4, -0.2) is 12.6 Å². The van der Waals surface area contributed by atoms with Gasteiger partial charge in [-0.15, -0.1) is 0 Å². The third-order valence-corrected chi connectivity index (χ3v) is 5.37. The van der Waals surface area contributed by atoms with Crippen LogP contribution in [0.1, 0.15) is 56.6 Å². The summed E-state index contributed by atoms with van der Waals surface area (Å²) in [4.78, 5) is 0. The highest BCUT2D eigenvalue weighted by atomic mass is 14.9. The van der Waals surface area contributed by atoms with E-state index in [-0.39, 0.29) is 0 Å². The van der Waals surface area contributed by atoms with Crippen LogP contribution in [0.15, 0.2) is 24.3 Å². The van der Waals surface area contributed by atoms with Crippen LogP contribution in [0.25, 0.3) is 0 Å². The zero-order chi connectivity index (χ0) is 13.8. The first-order valence-corrected chi connectivity index (χ1v) is 8.67. The quantitative estimate of drug-likeness (QED) is 0.811. The highest BCUT2D eigenvalue weighted by molar-refractivity contribution is 5.32. The molecule has 1 atom stereocenters. The molecule has 1 nitrogen and oxygen atoms in total. The summed E-state index contributed by atoms with van der Waals surface area (Å²) in [6.07, 6.45) is 11.1. The number of rotatable bonds is 6. The maximum absolute atomic E-state index is 3.87. The summed E-state index contributed by atoms with van der Waals surface area (Å²) >= 11 is 0. The molecule has 1 unspecified atom stereocenters. The zero-order valence-electron chi connectivity index (χ0n) is 12.9. The first kappa shape index (κ1) is 14.1. The Balaban J connectivity index is 1.63. The largest absolute Gasteiger partial charge is 0.314 e. The Morgan fingerprint density at radius 3 is 2.35 bits per heavy atom. The van der Waals surface area contributed by atoms with Gasteiger partial charge in [-0.1, -0.05) is 56.9 Å². The van der Waals surface area contributed by atoms with Crippen molar-refractivity contribution in [3.05, 3.63) is 35.4 Å². The summed E-state index contributed by atoms with van der Waals surface area (Å²) in [7, 11) is 0. The number of fused-ring (bicyclic) bond motifs is 1. The van der Waals surface area contributed by atoms with Crippen molar-refractivity contribution in [2.45, 2.75) is 64.3 Å². The summed E-state index contributed by atoms with van der Waals surface area (Å²) < 4.78 is 0. The van der Waals surface area contributed by atoms with Crippen molar-refractivity contribution < 1.29 is 0 Å². The van der Waals surface area contributed by atoms with Gasteiger partial charge in [-0.25, -0.2) is 0 Å². The lowest BCUT2D eigenvalue weighted by molar-refractivity contribution is 0.298. The average molecular weight is 271 g/mol. The van der Waals surface area contributed by atoms with Gasteiger partial charge in [0.1, 0.15) is 0 Å². The van der Waals surface area contributed by atoms with Crippen LogP contribution >= 0.6 is 0 Å². The van der Waals surface area contributed by atoms with E-state index in [0.29, 0.717) is 0 Å². The molecule has 1 fully saturated rings. The number of hydrogen-bond donors (Lipinski definition) is 1. The van der Waals surface area contributed by atoms with Crippen LogP contribution in [-0.2, 0) is 12.8 Å². The van der Waals surface area contributed by atoms with E-state index in [1.165, 1.54) is 57.9 Å². The van der Waals surface area contributed by atoms with Gasteiger partial charge in [-0.2, -0.15) is 0 Å². The molecule has 0 spiro atoms. The third kappa shape index (κ3) is 3.25. The standard InChI is InChI=1S/C19H29N/c1-2-11-20-19(12-15-7-3-4-8-15)18-13-16-9-5-6-10-17(16)14-18/h5-6,9-10,15,18-20H,2-4,7-8,11-14H2,1H3. The van der Waals surface area contributed by atoms with Crippen molar-refractivity contribution >= 4 is 0 Å². The van der Waals surface area contributed by atoms with Gasteiger partial charge in [0.05, 0.1) is 0 Å². The molecule has 1 saturated carbocycles. The average Bonchev–Trinajstić information content (AvgIpc) is 3.12. The lowest BCUT2D eigenvalue weighted by Gasteiger charge is -2.27. The molecule has 0 aliphatic heterocycles. The molecule has 0 amide bonds. The minimum absolute atomic E-state index is 0.741. The van der Waals surface area contributed by atoms with E-state index in [1.54, 1.807) is 11.1 Å². The predicted molar refractivity (Wildman–Crippen MR) is 86.0 cm³/mol. The van der Waals surface area contributed by atoms with E-state index in [1.807, 2.05) is 0 Å². The van der Waals surface area contributed by atoms with E-state index in [4.69, 9.17) is 0 Å². The molecule has 1 heteroatoms. The van der Waals surface area contributed by atoms with Gasteiger partial charge in [0.15, 0.2) is 0 Å². The van der Waals surface area contributed by atoms with Crippen LogP contribution in [0, 0.1) is 11.8 Å².